The maximum atomic E-state index is 13.2. The lowest BCUT2D eigenvalue weighted by Gasteiger charge is -2.33. The largest absolute Gasteiger partial charge is 0.416 e. The summed E-state index contributed by atoms with van der Waals surface area (Å²) < 4.78 is 39.5. The minimum Gasteiger partial charge on any atom is -0.385 e. The fourth-order valence-corrected chi connectivity index (χ4v) is 4.30. The third kappa shape index (κ3) is 4.42. The molecule has 8 heteroatoms. The van der Waals surface area contributed by atoms with Crippen molar-refractivity contribution in [3.8, 4) is 0 Å². The Morgan fingerprint density at radius 3 is 2.50 bits per heavy atom. The zero-order valence-electron chi connectivity index (χ0n) is 18.3. The molecule has 4 rings (SSSR count). The third-order valence-electron chi connectivity index (χ3n) is 6.14. The van der Waals surface area contributed by atoms with E-state index in [-0.39, 0.29) is 0 Å². The minimum atomic E-state index is -4.40. The van der Waals surface area contributed by atoms with Crippen LogP contribution in [0, 0.1) is 13.8 Å². The van der Waals surface area contributed by atoms with Gasteiger partial charge in [0.2, 0.25) is 0 Å². The van der Waals surface area contributed by atoms with Crippen molar-refractivity contribution in [3.05, 3.63) is 64.5 Å². The highest BCUT2D eigenvalue weighted by Crippen LogP contribution is 2.36. The molecular weight excluding hydrogens is 417 g/mol. The molecule has 1 atom stereocenters. The predicted molar refractivity (Wildman–Crippen MR) is 118 cm³/mol. The molecule has 2 heterocycles. The summed E-state index contributed by atoms with van der Waals surface area (Å²) in [7, 11) is 0. The van der Waals surface area contributed by atoms with Crippen molar-refractivity contribution >= 4 is 16.7 Å². The molecule has 0 spiro atoms. The number of fused-ring (bicyclic) bond motifs is 1. The molecule has 1 aliphatic rings. The molecule has 5 nitrogen and oxygen atoms in total. The van der Waals surface area contributed by atoms with Crippen LogP contribution in [-0.2, 0) is 11.8 Å². The van der Waals surface area contributed by atoms with Gasteiger partial charge in [-0.05, 0) is 81.6 Å². The van der Waals surface area contributed by atoms with Crippen molar-refractivity contribution in [2.45, 2.75) is 51.4 Å². The Labute approximate surface area is 185 Å². The summed E-state index contributed by atoms with van der Waals surface area (Å²) in [6, 6.07) is 8.76. The second kappa shape index (κ2) is 8.33. The Morgan fingerprint density at radius 2 is 1.81 bits per heavy atom. The van der Waals surface area contributed by atoms with Crippen molar-refractivity contribution in [1.82, 2.24) is 15.3 Å². The van der Waals surface area contributed by atoms with Crippen molar-refractivity contribution in [2.75, 3.05) is 18.4 Å². The molecule has 32 heavy (non-hydrogen) atoms. The number of aromatic nitrogens is 2. The number of hydrogen-bond donors (Lipinski definition) is 3. The molecule has 3 N–H and O–H groups in total. The second-order valence-electron chi connectivity index (χ2n) is 8.58. The third-order valence-corrected chi connectivity index (χ3v) is 6.14. The number of aliphatic hydroxyl groups is 1. The van der Waals surface area contributed by atoms with Crippen molar-refractivity contribution in [2.24, 2.45) is 0 Å². The smallest absolute Gasteiger partial charge is 0.385 e. The SMILES string of the molecule is Cc1nc(N[C@H](C)c2cccc(C(F)(F)F)c2)c2cc(C3(O)CCNCC3)cc(C)c2n1. The van der Waals surface area contributed by atoms with Gasteiger partial charge in [-0.15, -0.1) is 0 Å². The van der Waals surface area contributed by atoms with Crippen molar-refractivity contribution in [3.63, 3.8) is 0 Å². The van der Waals surface area contributed by atoms with Crippen LogP contribution in [0.4, 0.5) is 19.0 Å². The van der Waals surface area contributed by atoms with Gasteiger partial charge in [-0.1, -0.05) is 18.2 Å². The number of hydrogen-bond acceptors (Lipinski definition) is 5. The molecule has 0 unspecified atom stereocenters. The Kier molecular flexibility index (Phi) is 5.85. The van der Waals surface area contributed by atoms with E-state index in [9.17, 15) is 18.3 Å². The van der Waals surface area contributed by atoms with E-state index < -0.39 is 23.4 Å². The Morgan fingerprint density at radius 1 is 1.09 bits per heavy atom. The van der Waals surface area contributed by atoms with E-state index >= 15 is 0 Å². The Bertz CT molecular complexity index is 1140. The number of anilines is 1. The first-order chi connectivity index (χ1) is 15.1. The highest BCUT2D eigenvalue weighted by atomic mass is 19.4. The average Bonchev–Trinajstić information content (AvgIpc) is 2.74. The Hall–Kier alpha value is -2.71. The van der Waals surface area contributed by atoms with Gasteiger partial charge >= 0.3 is 6.18 Å². The van der Waals surface area contributed by atoms with Crippen LogP contribution in [0.2, 0.25) is 0 Å². The standard InChI is InChI=1S/C24H27F3N4O/c1-14-11-19(23(32)7-9-28-10-8-23)13-20-21(14)30-16(3)31-22(20)29-15(2)17-5-4-6-18(12-17)24(25,26)27/h4-6,11-13,15,28,32H,7-10H2,1-3H3,(H,29,30,31)/t15-/m1/s1. The fraction of sp³-hybridized carbons (Fsp3) is 0.417. The van der Waals surface area contributed by atoms with Gasteiger partial charge in [-0.2, -0.15) is 13.2 Å². The molecule has 0 amide bonds. The first kappa shape index (κ1) is 22.5. The van der Waals surface area contributed by atoms with E-state index in [0.29, 0.717) is 30.0 Å². The number of rotatable bonds is 4. The maximum Gasteiger partial charge on any atom is 0.416 e. The number of piperidine rings is 1. The lowest BCUT2D eigenvalue weighted by atomic mass is 9.83. The lowest BCUT2D eigenvalue weighted by molar-refractivity contribution is -0.137. The molecule has 1 saturated heterocycles. The summed E-state index contributed by atoms with van der Waals surface area (Å²) in [5, 5.41) is 18.5. The fourth-order valence-electron chi connectivity index (χ4n) is 4.30. The average molecular weight is 445 g/mol. The second-order valence-corrected chi connectivity index (χ2v) is 8.58. The van der Waals surface area contributed by atoms with E-state index in [4.69, 9.17) is 0 Å². The molecule has 0 aliphatic carbocycles. The van der Waals surface area contributed by atoms with E-state index in [2.05, 4.69) is 20.6 Å². The summed E-state index contributed by atoms with van der Waals surface area (Å²) in [5.74, 6) is 1.10. The quantitative estimate of drug-likeness (QED) is 0.528. The van der Waals surface area contributed by atoms with Gasteiger partial charge in [-0.25, -0.2) is 9.97 Å². The van der Waals surface area contributed by atoms with Crippen LogP contribution in [0.5, 0.6) is 0 Å². The van der Waals surface area contributed by atoms with Crippen molar-refractivity contribution < 1.29 is 18.3 Å². The topological polar surface area (TPSA) is 70.1 Å². The van der Waals surface area contributed by atoms with E-state index in [1.807, 2.05) is 19.1 Å². The minimum absolute atomic E-state index is 0.416. The first-order valence-electron chi connectivity index (χ1n) is 10.7. The van der Waals surface area contributed by atoms with Crippen molar-refractivity contribution in [1.29, 1.82) is 0 Å². The monoisotopic (exact) mass is 444 g/mol. The van der Waals surface area contributed by atoms with Crippen LogP contribution < -0.4 is 10.6 Å². The number of alkyl halides is 3. The van der Waals surface area contributed by atoms with Crippen LogP contribution in [-0.4, -0.2) is 28.2 Å². The van der Waals surface area contributed by atoms with Gasteiger partial charge in [0.1, 0.15) is 11.6 Å². The molecule has 0 saturated carbocycles. The van der Waals surface area contributed by atoms with E-state index in [0.717, 1.165) is 47.3 Å². The summed E-state index contributed by atoms with van der Waals surface area (Å²) >= 11 is 0. The van der Waals surface area contributed by atoms with Crippen LogP contribution in [0.15, 0.2) is 36.4 Å². The lowest BCUT2D eigenvalue weighted by Crippen LogP contribution is -2.39. The molecule has 2 aromatic carbocycles. The zero-order chi connectivity index (χ0) is 23.1. The van der Waals surface area contributed by atoms with Crippen LogP contribution in [0.25, 0.3) is 10.9 Å². The summed E-state index contributed by atoms with van der Waals surface area (Å²) in [6.07, 6.45) is -3.19. The first-order valence-corrected chi connectivity index (χ1v) is 10.7. The number of nitrogens with zero attached hydrogens (tertiary/aromatic N) is 2. The highest BCUT2D eigenvalue weighted by molar-refractivity contribution is 5.92. The maximum absolute atomic E-state index is 13.2. The molecule has 1 aromatic heterocycles. The number of aryl methyl sites for hydroxylation is 2. The van der Waals surface area contributed by atoms with Crippen LogP contribution in [0.1, 0.15) is 53.9 Å². The zero-order valence-corrected chi connectivity index (χ0v) is 18.3. The molecule has 0 radical (unpaired) electrons. The highest BCUT2D eigenvalue weighted by Gasteiger charge is 2.32. The van der Waals surface area contributed by atoms with Gasteiger partial charge < -0.3 is 15.7 Å². The van der Waals surface area contributed by atoms with Gasteiger partial charge in [-0.3, -0.25) is 0 Å². The number of benzene rings is 2. The molecule has 1 fully saturated rings. The van der Waals surface area contributed by atoms with E-state index in [1.165, 1.54) is 6.07 Å². The Balaban J connectivity index is 1.75. The normalized spacial score (nSPS) is 17.3. The summed E-state index contributed by atoms with van der Waals surface area (Å²) in [6.45, 7) is 7.00. The van der Waals surface area contributed by atoms with Gasteiger partial charge in [0, 0.05) is 11.4 Å². The predicted octanol–water partition coefficient (Wildman–Crippen LogP) is 5.01. The molecule has 3 aromatic rings. The van der Waals surface area contributed by atoms with E-state index in [1.54, 1.807) is 19.9 Å². The van der Waals surface area contributed by atoms with Gasteiger partial charge in [0.05, 0.1) is 16.7 Å². The molecule has 170 valence electrons. The number of halogens is 3. The molecular formula is C24H27F3N4O. The molecule has 0 bridgehead atoms. The summed E-state index contributed by atoms with van der Waals surface area (Å²) in [5.41, 5.74) is 1.39. The van der Waals surface area contributed by atoms with Gasteiger partial charge in [0.15, 0.2) is 0 Å². The summed E-state index contributed by atoms with van der Waals surface area (Å²) in [4.78, 5) is 9.13. The van der Waals surface area contributed by atoms with Gasteiger partial charge in [0.25, 0.3) is 0 Å². The molecule has 1 aliphatic heterocycles. The van der Waals surface area contributed by atoms with Crippen LogP contribution >= 0.6 is 0 Å². The van der Waals surface area contributed by atoms with Crippen LogP contribution in [0.3, 0.4) is 0 Å². The number of nitrogens with one attached hydrogen (secondary N) is 2.